The predicted molar refractivity (Wildman–Crippen MR) is 139 cm³/mol. The molecule has 1 saturated heterocycles. The van der Waals surface area contributed by atoms with Gasteiger partial charge in [-0.1, -0.05) is 42.0 Å². The van der Waals surface area contributed by atoms with Crippen molar-refractivity contribution in [3.63, 3.8) is 0 Å². The number of hydrogen-bond donors (Lipinski definition) is 2. The summed E-state index contributed by atoms with van der Waals surface area (Å²) in [6.07, 6.45) is 0.997. The Balaban J connectivity index is 1.43. The van der Waals surface area contributed by atoms with Gasteiger partial charge in [0.05, 0.1) is 11.1 Å². The molecule has 0 saturated carbocycles. The van der Waals surface area contributed by atoms with Crippen molar-refractivity contribution in [1.82, 2.24) is 4.98 Å². The predicted octanol–water partition coefficient (Wildman–Crippen LogP) is 5.80. The second-order valence-electron chi connectivity index (χ2n) is 9.18. The molecule has 2 heterocycles. The van der Waals surface area contributed by atoms with Crippen molar-refractivity contribution in [2.45, 2.75) is 26.2 Å². The maximum absolute atomic E-state index is 12.7. The molecule has 0 unspecified atom stereocenters. The van der Waals surface area contributed by atoms with Crippen molar-refractivity contribution in [3.05, 3.63) is 101 Å². The first-order chi connectivity index (χ1) is 16.9. The van der Waals surface area contributed by atoms with Crippen LogP contribution in [0, 0.1) is 13.8 Å². The van der Waals surface area contributed by atoms with E-state index in [0.29, 0.717) is 33.9 Å². The topological polar surface area (TPSA) is 82.5 Å². The summed E-state index contributed by atoms with van der Waals surface area (Å²) in [6.45, 7) is 5.68. The van der Waals surface area contributed by atoms with Gasteiger partial charge in [-0.2, -0.15) is 0 Å². The van der Waals surface area contributed by atoms with Crippen LogP contribution in [0.3, 0.4) is 0 Å². The lowest BCUT2D eigenvalue weighted by molar-refractivity contribution is 0.0698. The van der Waals surface area contributed by atoms with E-state index in [9.17, 15) is 14.7 Å². The summed E-state index contributed by atoms with van der Waals surface area (Å²) >= 11 is 0. The van der Waals surface area contributed by atoms with Crippen LogP contribution in [0.1, 0.15) is 49.7 Å². The summed E-state index contributed by atoms with van der Waals surface area (Å²) in [5, 5.41) is 13.3. The van der Waals surface area contributed by atoms with Crippen molar-refractivity contribution in [1.29, 1.82) is 0 Å². The van der Waals surface area contributed by atoms with Gasteiger partial charge < -0.3 is 15.3 Å². The van der Waals surface area contributed by atoms with Crippen molar-refractivity contribution >= 4 is 34.3 Å². The second-order valence-corrected chi connectivity index (χ2v) is 9.18. The molecular formula is C29H27N3O3. The van der Waals surface area contributed by atoms with E-state index in [2.05, 4.69) is 35.3 Å². The number of aromatic carboxylic acids is 1. The number of carboxylic acids is 1. The summed E-state index contributed by atoms with van der Waals surface area (Å²) in [5.41, 5.74) is 5.45. The van der Waals surface area contributed by atoms with Crippen molar-refractivity contribution in [2.75, 3.05) is 23.3 Å². The highest BCUT2D eigenvalue weighted by atomic mass is 16.4. The number of nitrogens with one attached hydrogen (secondary N) is 1. The summed E-state index contributed by atoms with van der Waals surface area (Å²) in [5.74, 6) is -0.201. The van der Waals surface area contributed by atoms with Gasteiger partial charge in [0.2, 0.25) is 0 Å². The first kappa shape index (κ1) is 22.6. The fraction of sp³-hybridized carbons (Fsp3) is 0.207. The number of hydrogen-bond acceptors (Lipinski definition) is 4. The highest BCUT2D eigenvalue weighted by molar-refractivity contribution is 6.08. The van der Waals surface area contributed by atoms with Crippen molar-refractivity contribution < 1.29 is 14.7 Å². The Labute approximate surface area is 204 Å². The quantitative estimate of drug-likeness (QED) is 0.389. The number of pyridine rings is 1. The Morgan fingerprint density at radius 3 is 2.60 bits per heavy atom. The lowest BCUT2D eigenvalue weighted by Crippen LogP contribution is -2.21. The van der Waals surface area contributed by atoms with Gasteiger partial charge in [0.15, 0.2) is 0 Å². The molecule has 4 aromatic rings. The SMILES string of the molecule is Cc1cccc(C(=O)Nc2ccc3nc(N4CC[C@H](c5ccccc5C)C4)cc(C(=O)O)c3c2)c1. The third kappa shape index (κ3) is 4.60. The molecular weight excluding hydrogens is 438 g/mol. The minimum atomic E-state index is -1.02. The van der Waals surface area contributed by atoms with Gasteiger partial charge in [0, 0.05) is 35.6 Å². The van der Waals surface area contributed by atoms with Gasteiger partial charge in [-0.05, 0) is 67.8 Å². The molecule has 0 radical (unpaired) electrons. The molecule has 1 fully saturated rings. The van der Waals surface area contributed by atoms with Gasteiger partial charge in [0.1, 0.15) is 5.82 Å². The Kier molecular flexibility index (Phi) is 5.95. The Morgan fingerprint density at radius 1 is 1.00 bits per heavy atom. The van der Waals surface area contributed by atoms with Crippen LogP contribution < -0.4 is 10.2 Å². The third-order valence-electron chi connectivity index (χ3n) is 6.70. The number of aromatic nitrogens is 1. The number of carbonyl (C=O) groups is 2. The molecule has 1 aliphatic rings. The van der Waals surface area contributed by atoms with E-state index in [0.717, 1.165) is 25.1 Å². The number of amides is 1. The summed E-state index contributed by atoms with van der Waals surface area (Å²) in [7, 11) is 0. The molecule has 0 bridgehead atoms. The van der Waals surface area contributed by atoms with Crippen LogP contribution in [-0.2, 0) is 0 Å². The zero-order valence-corrected chi connectivity index (χ0v) is 19.8. The minimum Gasteiger partial charge on any atom is -0.478 e. The lowest BCUT2D eigenvalue weighted by Gasteiger charge is -2.20. The van der Waals surface area contributed by atoms with Gasteiger partial charge in [-0.3, -0.25) is 4.79 Å². The largest absolute Gasteiger partial charge is 0.478 e. The second kappa shape index (κ2) is 9.22. The van der Waals surface area contributed by atoms with Crippen LogP contribution in [0.5, 0.6) is 0 Å². The van der Waals surface area contributed by atoms with E-state index in [1.807, 2.05) is 31.2 Å². The Bertz CT molecular complexity index is 1450. The van der Waals surface area contributed by atoms with Gasteiger partial charge in [0.25, 0.3) is 5.91 Å². The highest BCUT2D eigenvalue weighted by Gasteiger charge is 2.27. The molecule has 176 valence electrons. The van der Waals surface area contributed by atoms with Crippen LogP contribution >= 0.6 is 0 Å². The zero-order chi connectivity index (χ0) is 24.5. The lowest BCUT2D eigenvalue weighted by atomic mass is 9.94. The molecule has 1 aliphatic heterocycles. The zero-order valence-electron chi connectivity index (χ0n) is 19.8. The third-order valence-corrected chi connectivity index (χ3v) is 6.70. The maximum atomic E-state index is 12.7. The average Bonchev–Trinajstić information content (AvgIpc) is 3.33. The molecule has 0 spiro atoms. The van der Waals surface area contributed by atoms with Gasteiger partial charge >= 0.3 is 5.97 Å². The molecule has 5 rings (SSSR count). The number of carbonyl (C=O) groups excluding carboxylic acids is 1. The van der Waals surface area contributed by atoms with E-state index >= 15 is 0 Å². The molecule has 1 atom stereocenters. The van der Waals surface area contributed by atoms with Crippen LogP contribution in [0.25, 0.3) is 10.9 Å². The fourth-order valence-electron chi connectivity index (χ4n) is 4.89. The summed E-state index contributed by atoms with van der Waals surface area (Å²) in [4.78, 5) is 31.8. The van der Waals surface area contributed by atoms with E-state index in [1.54, 1.807) is 30.3 Å². The standard InChI is InChI=1S/C29H27N3O3/c1-18-6-5-8-20(14-18)28(33)30-22-10-11-26-24(15-22)25(29(34)35)16-27(31-26)32-13-12-21(17-32)23-9-4-3-7-19(23)2/h3-11,14-16,21H,12-13,17H2,1-2H3,(H,30,33)(H,34,35)/t21-/m0/s1. The summed E-state index contributed by atoms with van der Waals surface area (Å²) in [6, 6.07) is 22.6. The first-order valence-electron chi connectivity index (χ1n) is 11.8. The van der Waals surface area contributed by atoms with Crippen molar-refractivity contribution in [3.8, 4) is 0 Å². The Hall–Kier alpha value is -4.19. The van der Waals surface area contributed by atoms with Crippen molar-refractivity contribution in [2.24, 2.45) is 0 Å². The number of anilines is 2. The summed E-state index contributed by atoms with van der Waals surface area (Å²) < 4.78 is 0. The van der Waals surface area contributed by atoms with Crippen LogP contribution in [0.15, 0.2) is 72.8 Å². The molecule has 35 heavy (non-hydrogen) atoms. The van der Waals surface area contributed by atoms with Crippen LogP contribution in [-0.4, -0.2) is 35.1 Å². The molecule has 6 nitrogen and oxygen atoms in total. The van der Waals surface area contributed by atoms with Crippen LogP contribution in [0.4, 0.5) is 11.5 Å². The highest BCUT2D eigenvalue weighted by Crippen LogP contribution is 2.33. The fourth-order valence-corrected chi connectivity index (χ4v) is 4.89. The molecule has 1 amide bonds. The van der Waals surface area contributed by atoms with E-state index in [1.165, 1.54) is 11.1 Å². The first-order valence-corrected chi connectivity index (χ1v) is 11.8. The normalized spacial score (nSPS) is 15.4. The van der Waals surface area contributed by atoms with E-state index < -0.39 is 5.97 Å². The van der Waals surface area contributed by atoms with Gasteiger partial charge in [-0.25, -0.2) is 9.78 Å². The number of benzene rings is 3. The number of fused-ring (bicyclic) bond motifs is 1. The molecule has 1 aromatic heterocycles. The molecule has 6 heteroatoms. The number of rotatable bonds is 5. The van der Waals surface area contributed by atoms with Gasteiger partial charge in [-0.15, -0.1) is 0 Å². The monoisotopic (exact) mass is 465 g/mol. The van der Waals surface area contributed by atoms with Crippen LogP contribution in [0.2, 0.25) is 0 Å². The van der Waals surface area contributed by atoms with E-state index in [-0.39, 0.29) is 11.5 Å². The van der Waals surface area contributed by atoms with E-state index in [4.69, 9.17) is 4.98 Å². The average molecular weight is 466 g/mol. The molecule has 3 aromatic carbocycles. The molecule has 0 aliphatic carbocycles. The number of carboxylic acid groups (broad SMARTS) is 1. The molecule has 2 N–H and O–H groups in total. The Morgan fingerprint density at radius 2 is 1.83 bits per heavy atom. The number of nitrogens with zero attached hydrogens (tertiary/aromatic N) is 2. The smallest absolute Gasteiger partial charge is 0.336 e. The maximum Gasteiger partial charge on any atom is 0.336 e. The number of aryl methyl sites for hydroxylation is 2. The minimum absolute atomic E-state index is 0.177.